The molecule has 0 aromatic carbocycles. The van der Waals surface area contributed by atoms with Crippen molar-refractivity contribution in [2.45, 2.75) is 37.6 Å². The van der Waals surface area contributed by atoms with Gasteiger partial charge in [0.1, 0.15) is 0 Å². The van der Waals surface area contributed by atoms with Crippen LogP contribution >= 0.6 is 15.9 Å². The third-order valence-electron chi connectivity index (χ3n) is 2.42. The summed E-state index contributed by atoms with van der Waals surface area (Å²) in [6, 6.07) is 0.472. The van der Waals surface area contributed by atoms with E-state index in [0.29, 0.717) is 18.5 Å². The van der Waals surface area contributed by atoms with Crippen molar-refractivity contribution in [1.82, 2.24) is 4.90 Å². The molecule has 80 valence electrons. The maximum absolute atomic E-state index is 12.0. The SMILES string of the molecule is C=CCN(C(=O)C(Br)C(C)C)C1CC1. The van der Waals surface area contributed by atoms with E-state index in [9.17, 15) is 4.79 Å². The number of halogens is 1. The number of nitrogens with zero attached hydrogens (tertiary/aromatic N) is 1. The minimum absolute atomic E-state index is 0.0527. The topological polar surface area (TPSA) is 20.3 Å². The highest BCUT2D eigenvalue weighted by molar-refractivity contribution is 9.10. The van der Waals surface area contributed by atoms with Gasteiger partial charge in [0.15, 0.2) is 0 Å². The molecule has 0 spiro atoms. The van der Waals surface area contributed by atoms with Crippen molar-refractivity contribution in [1.29, 1.82) is 0 Å². The normalized spacial score (nSPS) is 18.0. The van der Waals surface area contributed by atoms with Crippen LogP contribution in [0.25, 0.3) is 0 Å². The molecule has 1 aliphatic carbocycles. The molecule has 1 fully saturated rings. The van der Waals surface area contributed by atoms with Crippen LogP contribution in [-0.2, 0) is 4.79 Å². The van der Waals surface area contributed by atoms with E-state index in [1.54, 1.807) is 6.08 Å². The molecule has 0 aromatic rings. The Hall–Kier alpha value is -0.310. The molecule has 0 bridgehead atoms. The molecule has 1 aliphatic rings. The van der Waals surface area contributed by atoms with E-state index in [1.165, 1.54) is 0 Å². The quantitative estimate of drug-likeness (QED) is 0.549. The first-order valence-corrected chi connectivity index (χ1v) is 6.05. The Morgan fingerprint density at radius 2 is 2.21 bits per heavy atom. The molecule has 0 N–H and O–H groups in total. The van der Waals surface area contributed by atoms with Crippen LogP contribution in [0.1, 0.15) is 26.7 Å². The molecule has 1 rings (SSSR count). The lowest BCUT2D eigenvalue weighted by molar-refractivity contribution is -0.131. The molecule has 0 heterocycles. The van der Waals surface area contributed by atoms with Crippen molar-refractivity contribution in [3.05, 3.63) is 12.7 Å². The smallest absolute Gasteiger partial charge is 0.237 e. The molecular formula is C11H18BrNO. The third kappa shape index (κ3) is 2.84. The Balaban J connectivity index is 2.57. The second-order valence-corrected chi connectivity index (χ2v) is 5.14. The van der Waals surface area contributed by atoms with Gasteiger partial charge in [-0.25, -0.2) is 0 Å². The zero-order valence-electron chi connectivity index (χ0n) is 8.87. The van der Waals surface area contributed by atoms with Crippen LogP contribution in [0.3, 0.4) is 0 Å². The summed E-state index contributed by atoms with van der Waals surface area (Å²) in [5.41, 5.74) is 0. The number of hydrogen-bond acceptors (Lipinski definition) is 1. The molecule has 1 atom stereocenters. The molecule has 0 saturated heterocycles. The number of carbonyl (C=O) groups excluding carboxylic acids is 1. The summed E-state index contributed by atoms with van der Waals surface area (Å²) in [5.74, 6) is 0.552. The molecule has 0 aliphatic heterocycles. The van der Waals surface area contributed by atoms with Crippen LogP contribution in [0.5, 0.6) is 0 Å². The largest absolute Gasteiger partial charge is 0.335 e. The molecule has 1 saturated carbocycles. The van der Waals surface area contributed by atoms with E-state index in [4.69, 9.17) is 0 Å². The van der Waals surface area contributed by atoms with Gasteiger partial charge >= 0.3 is 0 Å². The number of carbonyl (C=O) groups is 1. The van der Waals surface area contributed by atoms with Crippen LogP contribution in [0.4, 0.5) is 0 Å². The van der Waals surface area contributed by atoms with Crippen LogP contribution in [-0.4, -0.2) is 28.2 Å². The summed E-state index contributed by atoms with van der Waals surface area (Å²) in [4.78, 5) is 13.9. The average molecular weight is 260 g/mol. The van der Waals surface area contributed by atoms with E-state index >= 15 is 0 Å². The Morgan fingerprint density at radius 1 is 1.64 bits per heavy atom. The van der Waals surface area contributed by atoms with Crippen LogP contribution in [0.15, 0.2) is 12.7 Å². The Kier molecular flexibility index (Phi) is 4.17. The van der Waals surface area contributed by atoms with Gasteiger partial charge in [0, 0.05) is 12.6 Å². The third-order valence-corrected chi connectivity index (χ3v) is 3.87. The van der Waals surface area contributed by atoms with Crippen LogP contribution in [0.2, 0.25) is 0 Å². The fraction of sp³-hybridized carbons (Fsp3) is 0.727. The second kappa shape index (κ2) is 4.96. The highest BCUT2D eigenvalue weighted by atomic mass is 79.9. The van der Waals surface area contributed by atoms with Gasteiger partial charge in [-0.2, -0.15) is 0 Å². The maximum Gasteiger partial charge on any atom is 0.237 e. The number of hydrogen-bond donors (Lipinski definition) is 0. The molecule has 0 aromatic heterocycles. The molecule has 14 heavy (non-hydrogen) atoms. The summed E-state index contributed by atoms with van der Waals surface area (Å²) >= 11 is 3.45. The molecule has 0 radical (unpaired) electrons. The first-order chi connectivity index (χ1) is 6.57. The van der Waals surface area contributed by atoms with E-state index in [-0.39, 0.29) is 10.7 Å². The van der Waals surface area contributed by atoms with Crippen LogP contribution < -0.4 is 0 Å². The van der Waals surface area contributed by atoms with Gasteiger partial charge in [0.25, 0.3) is 0 Å². The van der Waals surface area contributed by atoms with Crippen LogP contribution in [0, 0.1) is 5.92 Å². The van der Waals surface area contributed by atoms with Crippen molar-refractivity contribution in [3.8, 4) is 0 Å². The fourth-order valence-corrected chi connectivity index (χ4v) is 1.65. The zero-order chi connectivity index (χ0) is 10.7. The highest BCUT2D eigenvalue weighted by Gasteiger charge is 2.34. The number of alkyl halides is 1. The van der Waals surface area contributed by atoms with Crippen molar-refractivity contribution >= 4 is 21.8 Å². The molecule has 1 amide bonds. The molecular weight excluding hydrogens is 242 g/mol. The van der Waals surface area contributed by atoms with E-state index < -0.39 is 0 Å². The minimum atomic E-state index is -0.0527. The first kappa shape index (κ1) is 11.8. The monoisotopic (exact) mass is 259 g/mol. The van der Waals surface area contributed by atoms with Gasteiger partial charge in [-0.15, -0.1) is 6.58 Å². The second-order valence-electron chi connectivity index (χ2n) is 4.16. The van der Waals surface area contributed by atoms with Gasteiger partial charge in [-0.3, -0.25) is 4.79 Å². The number of amides is 1. The van der Waals surface area contributed by atoms with Gasteiger partial charge in [0.05, 0.1) is 4.83 Å². The van der Waals surface area contributed by atoms with E-state index in [2.05, 4.69) is 36.4 Å². The van der Waals surface area contributed by atoms with E-state index in [0.717, 1.165) is 12.8 Å². The van der Waals surface area contributed by atoms with E-state index in [1.807, 2.05) is 4.90 Å². The lowest BCUT2D eigenvalue weighted by atomic mass is 10.1. The molecule has 2 nitrogen and oxygen atoms in total. The Labute approximate surface area is 94.5 Å². The van der Waals surface area contributed by atoms with Crippen molar-refractivity contribution in [2.75, 3.05) is 6.54 Å². The zero-order valence-corrected chi connectivity index (χ0v) is 10.5. The van der Waals surface area contributed by atoms with Gasteiger partial charge in [-0.05, 0) is 18.8 Å². The predicted molar refractivity (Wildman–Crippen MR) is 62.5 cm³/mol. The Bertz CT molecular complexity index is 223. The summed E-state index contributed by atoms with van der Waals surface area (Å²) < 4.78 is 0. The van der Waals surface area contributed by atoms with Crippen molar-refractivity contribution in [3.63, 3.8) is 0 Å². The molecule has 3 heteroatoms. The van der Waals surface area contributed by atoms with Gasteiger partial charge in [-0.1, -0.05) is 35.9 Å². The summed E-state index contributed by atoms with van der Waals surface area (Å²) in [6.45, 7) is 8.47. The minimum Gasteiger partial charge on any atom is -0.335 e. The number of rotatable bonds is 5. The van der Waals surface area contributed by atoms with Crippen molar-refractivity contribution in [2.24, 2.45) is 5.92 Å². The maximum atomic E-state index is 12.0. The van der Waals surface area contributed by atoms with Crippen molar-refractivity contribution < 1.29 is 4.79 Å². The van der Waals surface area contributed by atoms with Gasteiger partial charge in [0.2, 0.25) is 5.91 Å². The lowest BCUT2D eigenvalue weighted by Gasteiger charge is -2.25. The molecule has 1 unspecified atom stereocenters. The summed E-state index contributed by atoms with van der Waals surface area (Å²) in [6.07, 6.45) is 4.10. The average Bonchev–Trinajstić information content (AvgIpc) is 2.95. The van der Waals surface area contributed by atoms with Gasteiger partial charge < -0.3 is 4.90 Å². The summed E-state index contributed by atoms with van der Waals surface area (Å²) in [5, 5.41) is 0. The Morgan fingerprint density at radius 3 is 2.57 bits per heavy atom. The first-order valence-electron chi connectivity index (χ1n) is 5.13. The predicted octanol–water partition coefficient (Wildman–Crippen LogP) is 2.58. The lowest BCUT2D eigenvalue weighted by Crippen LogP contribution is -2.40. The summed E-state index contributed by atoms with van der Waals surface area (Å²) in [7, 11) is 0. The standard InChI is InChI=1S/C11H18BrNO/c1-4-7-13(9-5-6-9)11(14)10(12)8(2)3/h4,8-10H,1,5-7H2,2-3H3. The highest BCUT2D eigenvalue weighted by Crippen LogP contribution is 2.29. The fourth-order valence-electron chi connectivity index (χ4n) is 1.39.